The minimum atomic E-state index is -1.20. The Bertz CT molecular complexity index is 625. The number of hydrogen-bond acceptors (Lipinski definition) is 3. The number of alkyl halides is 1. The molecule has 0 radical (unpaired) electrons. The molecule has 1 fully saturated rings. The van der Waals surface area contributed by atoms with Crippen LogP contribution in [-0.4, -0.2) is 28.3 Å². The third-order valence-corrected chi connectivity index (χ3v) is 5.37. The summed E-state index contributed by atoms with van der Waals surface area (Å²) in [6.07, 6.45) is -1.10. The zero-order valence-electron chi connectivity index (χ0n) is 11.8. The van der Waals surface area contributed by atoms with Crippen LogP contribution in [0, 0.1) is 11.7 Å². The fourth-order valence-electron chi connectivity index (χ4n) is 3.33. The number of carboxylic acid groups (broad SMARTS) is 1. The van der Waals surface area contributed by atoms with E-state index in [1.165, 1.54) is 17.8 Å². The fraction of sp³-hybridized carbons (Fsp3) is 0.467. The molecule has 1 aliphatic heterocycles. The van der Waals surface area contributed by atoms with Crippen molar-refractivity contribution in [3.8, 4) is 0 Å². The zero-order chi connectivity index (χ0) is 15.7. The third kappa shape index (κ3) is 2.69. The van der Waals surface area contributed by atoms with E-state index in [0.717, 1.165) is 0 Å². The second kappa shape index (κ2) is 5.87. The molecule has 7 heteroatoms. The van der Waals surface area contributed by atoms with Crippen molar-refractivity contribution in [1.82, 2.24) is 5.32 Å². The Balaban J connectivity index is 2.07. The molecule has 2 N–H and O–H groups in total. The van der Waals surface area contributed by atoms with Crippen molar-refractivity contribution >= 4 is 23.0 Å². The van der Waals surface area contributed by atoms with Gasteiger partial charge in [0.2, 0.25) is 0 Å². The van der Waals surface area contributed by atoms with Gasteiger partial charge >= 0.3 is 6.09 Å². The lowest BCUT2D eigenvalue weighted by Crippen LogP contribution is -2.46. The lowest BCUT2D eigenvalue weighted by atomic mass is 9.69. The number of halogens is 2. The van der Waals surface area contributed by atoms with Crippen LogP contribution >= 0.6 is 11.8 Å². The largest absolute Gasteiger partial charge is 0.465 e. The Hall–Kier alpha value is -1.63. The van der Waals surface area contributed by atoms with Crippen molar-refractivity contribution < 1.29 is 18.7 Å². The molecule has 0 bridgehead atoms. The Morgan fingerprint density at radius 1 is 1.45 bits per heavy atom. The molecule has 1 aromatic rings. The Labute approximate surface area is 131 Å². The summed E-state index contributed by atoms with van der Waals surface area (Å²) in [4.78, 5) is 15.4. The van der Waals surface area contributed by atoms with Gasteiger partial charge in [-0.2, -0.15) is 0 Å². The minimum absolute atomic E-state index is 0.141. The van der Waals surface area contributed by atoms with Gasteiger partial charge in [-0.25, -0.2) is 13.6 Å². The molecule has 3 rings (SSSR count). The maximum absolute atomic E-state index is 14.3. The van der Waals surface area contributed by atoms with Crippen molar-refractivity contribution in [2.45, 2.75) is 31.0 Å². The number of thioether (sulfide) groups is 1. The predicted octanol–water partition coefficient (Wildman–Crippen LogP) is 3.53. The fourth-order valence-corrected chi connectivity index (χ4v) is 4.49. The maximum atomic E-state index is 14.3. The van der Waals surface area contributed by atoms with Gasteiger partial charge in [0, 0.05) is 17.2 Å². The Morgan fingerprint density at radius 3 is 2.95 bits per heavy atom. The number of rotatable bonds is 1. The maximum Gasteiger partial charge on any atom is 0.410 e. The normalized spacial score (nSPS) is 31.1. The van der Waals surface area contributed by atoms with E-state index < -0.39 is 17.8 Å². The van der Waals surface area contributed by atoms with Crippen molar-refractivity contribution in [1.29, 1.82) is 0 Å². The molecular formula is C15H16F2N2O2S. The first-order chi connectivity index (χ1) is 10.5. The molecule has 1 saturated carbocycles. The Kier molecular flexibility index (Phi) is 4.08. The number of aliphatic imine (C=N–C) groups is 1. The van der Waals surface area contributed by atoms with E-state index in [1.807, 2.05) is 0 Å². The molecule has 1 aromatic carbocycles. The van der Waals surface area contributed by atoms with Gasteiger partial charge in [0.25, 0.3) is 0 Å². The van der Waals surface area contributed by atoms with Gasteiger partial charge in [-0.3, -0.25) is 10.3 Å². The highest BCUT2D eigenvalue weighted by molar-refractivity contribution is 8.13. The van der Waals surface area contributed by atoms with Gasteiger partial charge in [0.15, 0.2) is 5.17 Å². The summed E-state index contributed by atoms with van der Waals surface area (Å²) in [7, 11) is 0. The highest BCUT2D eigenvalue weighted by Gasteiger charge is 2.48. The molecule has 0 aromatic heterocycles. The van der Waals surface area contributed by atoms with Gasteiger partial charge in [0.05, 0.1) is 5.54 Å². The van der Waals surface area contributed by atoms with Gasteiger partial charge in [-0.15, -0.1) is 0 Å². The third-order valence-electron chi connectivity index (χ3n) is 4.33. The number of amidine groups is 1. The van der Waals surface area contributed by atoms with Crippen LogP contribution in [0.1, 0.15) is 24.8 Å². The van der Waals surface area contributed by atoms with Crippen LogP contribution in [0.15, 0.2) is 29.3 Å². The van der Waals surface area contributed by atoms with Gasteiger partial charge in [0.1, 0.15) is 12.0 Å². The second-order valence-electron chi connectivity index (χ2n) is 5.63. The van der Waals surface area contributed by atoms with Gasteiger partial charge in [-0.05, 0) is 25.3 Å². The van der Waals surface area contributed by atoms with E-state index in [1.54, 1.807) is 18.2 Å². The van der Waals surface area contributed by atoms with Crippen LogP contribution in [0.4, 0.5) is 13.6 Å². The molecule has 22 heavy (non-hydrogen) atoms. The van der Waals surface area contributed by atoms with E-state index in [9.17, 15) is 13.6 Å². The van der Waals surface area contributed by atoms with E-state index in [2.05, 4.69) is 10.3 Å². The first kappa shape index (κ1) is 15.3. The van der Waals surface area contributed by atoms with Crippen LogP contribution in [0.3, 0.4) is 0 Å². The van der Waals surface area contributed by atoms with E-state index in [0.29, 0.717) is 30.6 Å². The molecule has 1 aliphatic carbocycles. The smallest absolute Gasteiger partial charge is 0.410 e. The first-order valence-corrected chi connectivity index (χ1v) is 8.11. The van der Waals surface area contributed by atoms with Crippen LogP contribution in [0.2, 0.25) is 0 Å². The predicted molar refractivity (Wildman–Crippen MR) is 81.4 cm³/mol. The molecule has 0 unspecified atom stereocenters. The van der Waals surface area contributed by atoms with E-state index in [-0.39, 0.29) is 16.9 Å². The number of benzene rings is 1. The quantitative estimate of drug-likeness (QED) is 0.830. The summed E-state index contributed by atoms with van der Waals surface area (Å²) in [5, 5.41) is 11.4. The van der Waals surface area contributed by atoms with Crippen LogP contribution in [0.5, 0.6) is 0 Å². The number of carbonyl (C=O) groups is 1. The van der Waals surface area contributed by atoms with Gasteiger partial charge < -0.3 is 5.11 Å². The minimum Gasteiger partial charge on any atom is -0.465 e. The molecule has 0 spiro atoms. The molecule has 2 aliphatic rings. The van der Waals surface area contributed by atoms with Crippen LogP contribution in [-0.2, 0) is 5.54 Å². The van der Waals surface area contributed by atoms with Gasteiger partial charge in [-0.1, -0.05) is 30.0 Å². The van der Waals surface area contributed by atoms with E-state index in [4.69, 9.17) is 5.11 Å². The number of fused-ring (bicyclic) bond motifs is 1. The van der Waals surface area contributed by atoms with Crippen molar-refractivity contribution in [3.05, 3.63) is 35.6 Å². The number of nitrogens with zero attached hydrogens (tertiary/aromatic N) is 1. The van der Waals surface area contributed by atoms with Crippen molar-refractivity contribution in [2.75, 3.05) is 5.75 Å². The molecule has 1 heterocycles. The first-order valence-electron chi connectivity index (χ1n) is 7.13. The summed E-state index contributed by atoms with van der Waals surface area (Å²) < 4.78 is 28.1. The number of amides is 1. The summed E-state index contributed by atoms with van der Waals surface area (Å²) in [5.41, 5.74) is -0.450. The molecule has 0 saturated heterocycles. The van der Waals surface area contributed by atoms with Crippen LogP contribution < -0.4 is 5.32 Å². The topological polar surface area (TPSA) is 61.7 Å². The average Bonchev–Trinajstić information content (AvgIpc) is 2.47. The summed E-state index contributed by atoms with van der Waals surface area (Å²) >= 11 is 1.25. The lowest BCUT2D eigenvalue weighted by molar-refractivity contribution is 0.123. The van der Waals surface area contributed by atoms with Crippen LogP contribution in [0.25, 0.3) is 0 Å². The SMILES string of the molecule is O=C(O)NC1=N[C@@]2(c3ccccc3F)CC[C@@H](F)C[C@H]2CS1. The molecule has 3 atom stereocenters. The molecule has 4 nitrogen and oxygen atoms in total. The summed E-state index contributed by atoms with van der Waals surface area (Å²) in [5.74, 6) is 0.000979. The Morgan fingerprint density at radius 2 is 2.23 bits per heavy atom. The monoisotopic (exact) mass is 326 g/mol. The molecule has 118 valence electrons. The van der Waals surface area contributed by atoms with Crippen molar-refractivity contribution in [2.24, 2.45) is 10.9 Å². The summed E-state index contributed by atoms with van der Waals surface area (Å²) in [6, 6.07) is 6.36. The molecule has 1 amide bonds. The van der Waals surface area contributed by atoms with E-state index >= 15 is 0 Å². The standard InChI is InChI=1S/C15H16F2N2O2S/c16-10-5-6-15(11-3-1-2-4-12(11)17)9(7-10)8-22-13(19-15)18-14(20)21/h1-4,9-10H,5-8H2,(H,18,19)(H,20,21)/t9-,10+,15-/m0/s1. The highest BCUT2D eigenvalue weighted by atomic mass is 32.2. The number of hydrogen-bond donors (Lipinski definition) is 2. The summed E-state index contributed by atoms with van der Waals surface area (Å²) in [6.45, 7) is 0. The molecular weight excluding hydrogens is 310 g/mol. The lowest BCUT2D eigenvalue weighted by Gasteiger charge is -2.45. The van der Waals surface area contributed by atoms with Crippen molar-refractivity contribution in [3.63, 3.8) is 0 Å². The second-order valence-corrected chi connectivity index (χ2v) is 6.64. The highest BCUT2D eigenvalue weighted by Crippen LogP contribution is 2.50. The average molecular weight is 326 g/mol. The zero-order valence-corrected chi connectivity index (χ0v) is 12.6. The number of nitrogens with one attached hydrogen (secondary N) is 1.